The van der Waals surface area contributed by atoms with Gasteiger partial charge in [-0.2, -0.15) is 0 Å². The van der Waals surface area contributed by atoms with Crippen molar-refractivity contribution in [3.63, 3.8) is 0 Å². The fourth-order valence-electron chi connectivity index (χ4n) is 4.14. The summed E-state index contributed by atoms with van der Waals surface area (Å²) in [5, 5.41) is 4.72. The summed E-state index contributed by atoms with van der Waals surface area (Å²) in [5.74, 6) is 0.294. The number of hydrogen-bond acceptors (Lipinski definition) is 4. The highest BCUT2D eigenvalue weighted by Gasteiger charge is 2.15. The van der Waals surface area contributed by atoms with Gasteiger partial charge in [0.1, 0.15) is 11.3 Å². The molecule has 2 aromatic heterocycles. The maximum Gasteiger partial charge on any atom is 0.337 e. The van der Waals surface area contributed by atoms with Crippen molar-refractivity contribution < 1.29 is 13.9 Å². The molecule has 6 heteroatoms. The summed E-state index contributed by atoms with van der Waals surface area (Å²) in [7, 11) is 0. The predicted octanol–water partition coefficient (Wildman–Crippen LogP) is 4.57. The Bertz CT molecular complexity index is 1350. The Morgan fingerprint density at radius 2 is 1.90 bits per heavy atom. The fraction of sp³-hybridized carbons (Fsp3) is 0.280. The number of fused-ring (bicyclic) bond motifs is 2. The van der Waals surface area contributed by atoms with Crippen LogP contribution in [0.3, 0.4) is 0 Å². The highest BCUT2D eigenvalue weighted by Crippen LogP contribution is 2.27. The van der Waals surface area contributed by atoms with Gasteiger partial charge in [-0.15, -0.1) is 0 Å². The maximum atomic E-state index is 12.9. The highest BCUT2D eigenvalue weighted by molar-refractivity contribution is 6.05. The first-order chi connectivity index (χ1) is 14.9. The van der Waals surface area contributed by atoms with Gasteiger partial charge >= 0.3 is 5.63 Å². The zero-order valence-electron chi connectivity index (χ0n) is 18.2. The van der Waals surface area contributed by atoms with Crippen LogP contribution in [0.4, 0.5) is 0 Å². The third-order valence-corrected chi connectivity index (χ3v) is 5.50. The molecule has 0 fully saturated rings. The smallest absolute Gasteiger partial charge is 0.337 e. The highest BCUT2D eigenvalue weighted by atomic mass is 16.5. The number of aromatic nitrogens is 1. The van der Waals surface area contributed by atoms with Crippen LogP contribution in [0.1, 0.15) is 39.7 Å². The van der Waals surface area contributed by atoms with Crippen molar-refractivity contribution >= 4 is 27.8 Å². The van der Waals surface area contributed by atoms with Gasteiger partial charge in [-0.05, 0) is 63.4 Å². The first kappa shape index (κ1) is 20.7. The molecule has 4 aromatic rings. The molecule has 0 saturated heterocycles. The van der Waals surface area contributed by atoms with Crippen LogP contribution in [0.25, 0.3) is 21.9 Å². The van der Waals surface area contributed by atoms with E-state index in [2.05, 4.69) is 43.2 Å². The summed E-state index contributed by atoms with van der Waals surface area (Å²) in [6, 6.07) is 10.7. The molecule has 0 unspecified atom stereocenters. The summed E-state index contributed by atoms with van der Waals surface area (Å²) >= 11 is 0. The predicted molar refractivity (Wildman–Crippen MR) is 122 cm³/mol. The van der Waals surface area contributed by atoms with Crippen LogP contribution in [0.2, 0.25) is 0 Å². The van der Waals surface area contributed by atoms with Gasteiger partial charge in [0, 0.05) is 40.7 Å². The largest absolute Gasteiger partial charge is 0.494 e. The van der Waals surface area contributed by atoms with E-state index in [0.29, 0.717) is 41.9 Å². The molecule has 0 atom stereocenters. The number of H-pyrrole nitrogens is 1. The van der Waals surface area contributed by atoms with E-state index in [0.717, 1.165) is 11.2 Å². The maximum absolute atomic E-state index is 12.9. The lowest BCUT2D eigenvalue weighted by Crippen LogP contribution is -2.27. The van der Waals surface area contributed by atoms with Crippen LogP contribution in [0.5, 0.6) is 5.75 Å². The van der Waals surface area contributed by atoms with Crippen LogP contribution in [0.15, 0.2) is 45.6 Å². The van der Waals surface area contributed by atoms with Crippen molar-refractivity contribution in [3.05, 3.63) is 74.8 Å². The number of carbonyl (C=O) groups is 1. The van der Waals surface area contributed by atoms with E-state index >= 15 is 0 Å². The van der Waals surface area contributed by atoms with Crippen molar-refractivity contribution in [1.29, 1.82) is 0 Å². The molecule has 0 spiro atoms. The number of nitrogens with one attached hydrogen (secondary N) is 2. The molecule has 0 radical (unpaired) electrons. The fourth-order valence-corrected chi connectivity index (χ4v) is 4.14. The zero-order valence-corrected chi connectivity index (χ0v) is 18.2. The van der Waals surface area contributed by atoms with E-state index in [1.165, 1.54) is 28.1 Å². The molecule has 2 heterocycles. The van der Waals surface area contributed by atoms with Crippen LogP contribution in [-0.2, 0) is 6.42 Å². The topological polar surface area (TPSA) is 84.3 Å². The number of aromatic amines is 1. The lowest BCUT2D eigenvalue weighted by Gasteiger charge is -2.09. The molecule has 0 saturated carbocycles. The van der Waals surface area contributed by atoms with E-state index in [-0.39, 0.29) is 5.91 Å². The third kappa shape index (κ3) is 4.06. The van der Waals surface area contributed by atoms with Crippen molar-refractivity contribution in [2.75, 3.05) is 13.2 Å². The van der Waals surface area contributed by atoms with Crippen molar-refractivity contribution in [2.24, 2.45) is 0 Å². The van der Waals surface area contributed by atoms with Gasteiger partial charge < -0.3 is 19.5 Å². The first-order valence-corrected chi connectivity index (χ1v) is 10.4. The third-order valence-electron chi connectivity index (χ3n) is 5.50. The molecule has 0 aliphatic heterocycles. The number of rotatable bonds is 6. The Morgan fingerprint density at radius 3 is 2.68 bits per heavy atom. The molecule has 31 heavy (non-hydrogen) atoms. The van der Waals surface area contributed by atoms with Crippen LogP contribution >= 0.6 is 0 Å². The minimum atomic E-state index is -0.565. The van der Waals surface area contributed by atoms with Crippen LogP contribution < -0.4 is 15.7 Å². The Hall–Kier alpha value is -3.54. The first-order valence-electron chi connectivity index (χ1n) is 10.4. The van der Waals surface area contributed by atoms with Crippen molar-refractivity contribution in [1.82, 2.24) is 10.3 Å². The van der Waals surface area contributed by atoms with E-state index in [1.54, 1.807) is 18.2 Å². The Kier molecular flexibility index (Phi) is 5.55. The molecular weight excluding hydrogens is 392 g/mol. The van der Waals surface area contributed by atoms with E-state index in [1.807, 2.05) is 6.92 Å². The number of ether oxygens (including phenoxy) is 1. The molecule has 2 aromatic carbocycles. The molecule has 0 aliphatic rings. The van der Waals surface area contributed by atoms with E-state index < -0.39 is 5.63 Å². The van der Waals surface area contributed by atoms with Gasteiger partial charge in [-0.3, -0.25) is 4.79 Å². The lowest BCUT2D eigenvalue weighted by atomic mass is 10.0. The summed E-state index contributed by atoms with van der Waals surface area (Å²) < 4.78 is 10.7. The number of carbonyl (C=O) groups excluding carboxylic acids is 1. The lowest BCUT2D eigenvalue weighted by molar-refractivity contribution is 0.0955. The molecule has 0 aliphatic carbocycles. The van der Waals surface area contributed by atoms with Crippen molar-refractivity contribution in [3.8, 4) is 5.75 Å². The van der Waals surface area contributed by atoms with Gasteiger partial charge in [0.2, 0.25) is 0 Å². The normalized spacial score (nSPS) is 11.2. The SMILES string of the molecule is CCOc1ccc2c(C(=O)NCCc3c(C)[nH]c4c(C)cc(C)cc34)cc(=O)oc2c1. The molecule has 2 N–H and O–H groups in total. The molecule has 6 nitrogen and oxygen atoms in total. The molecule has 1 amide bonds. The van der Waals surface area contributed by atoms with Gasteiger partial charge in [0.05, 0.1) is 12.2 Å². The quantitative estimate of drug-likeness (QED) is 0.449. The zero-order chi connectivity index (χ0) is 22.1. The second kappa shape index (κ2) is 8.30. The van der Waals surface area contributed by atoms with Gasteiger partial charge in [-0.25, -0.2) is 4.79 Å². The Morgan fingerprint density at radius 1 is 1.10 bits per heavy atom. The monoisotopic (exact) mass is 418 g/mol. The van der Waals surface area contributed by atoms with Crippen LogP contribution in [0, 0.1) is 20.8 Å². The summed E-state index contributed by atoms with van der Waals surface area (Å²) in [5.41, 5.74) is 5.93. The summed E-state index contributed by atoms with van der Waals surface area (Å²) in [4.78, 5) is 28.3. The molecule has 4 rings (SSSR count). The summed E-state index contributed by atoms with van der Waals surface area (Å²) in [6.07, 6.45) is 0.689. The minimum absolute atomic E-state index is 0.299. The Labute approximate surface area is 180 Å². The molecule has 0 bridgehead atoms. The Balaban J connectivity index is 1.56. The number of benzene rings is 2. The second-order valence-electron chi connectivity index (χ2n) is 7.81. The van der Waals surface area contributed by atoms with Crippen LogP contribution in [-0.4, -0.2) is 24.0 Å². The molecular formula is C25H26N2O4. The van der Waals surface area contributed by atoms with Crippen molar-refractivity contribution in [2.45, 2.75) is 34.1 Å². The van der Waals surface area contributed by atoms with Gasteiger partial charge in [0.15, 0.2) is 0 Å². The average Bonchev–Trinajstić information content (AvgIpc) is 3.03. The van der Waals surface area contributed by atoms with E-state index in [9.17, 15) is 9.59 Å². The average molecular weight is 418 g/mol. The standard InChI is InChI=1S/C25H26N2O4/c1-5-30-17-6-7-19-21(13-23(28)31-22(19)12-17)25(29)26-9-8-18-16(4)27-24-15(3)10-14(2)11-20(18)24/h6-7,10-13,27H,5,8-9H2,1-4H3,(H,26,29). The summed E-state index contributed by atoms with van der Waals surface area (Å²) in [6.45, 7) is 9.07. The van der Waals surface area contributed by atoms with Gasteiger partial charge in [0.25, 0.3) is 5.91 Å². The number of amides is 1. The van der Waals surface area contributed by atoms with Gasteiger partial charge in [-0.1, -0.05) is 11.6 Å². The second-order valence-corrected chi connectivity index (χ2v) is 7.81. The minimum Gasteiger partial charge on any atom is -0.494 e. The number of aryl methyl sites for hydroxylation is 3. The number of hydrogen-bond donors (Lipinski definition) is 2. The van der Waals surface area contributed by atoms with E-state index in [4.69, 9.17) is 9.15 Å². The molecule has 160 valence electrons.